The van der Waals surface area contributed by atoms with Crippen LogP contribution in [0.5, 0.6) is 17.2 Å². The van der Waals surface area contributed by atoms with Crippen molar-refractivity contribution >= 4 is 17.7 Å². The third-order valence-electron chi connectivity index (χ3n) is 3.75. The number of hydrogen-bond acceptors (Lipinski definition) is 5. The van der Waals surface area contributed by atoms with Gasteiger partial charge in [-0.1, -0.05) is 24.4 Å². The van der Waals surface area contributed by atoms with Crippen LogP contribution in [0.15, 0.2) is 11.1 Å². The van der Waals surface area contributed by atoms with Gasteiger partial charge in [-0.05, 0) is 12.8 Å². The Balaban J connectivity index is 2.76. The van der Waals surface area contributed by atoms with E-state index < -0.39 is 5.54 Å². The number of halogens is 1. The van der Waals surface area contributed by atoms with E-state index in [4.69, 9.17) is 21.1 Å². The molecule has 0 aromatic heterocycles. The van der Waals surface area contributed by atoms with Crippen molar-refractivity contribution in [2.24, 2.45) is 4.99 Å². The van der Waals surface area contributed by atoms with Gasteiger partial charge in [0, 0.05) is 6.07 Å². The predicted octanol–water partition coefficient (Wildman–Crippen LogP) is 3.17. The molecule has 1 aromatic rings. The molecule has 0 atom stereocenters. The van der Waals surface area contributed by atoms with Crippen molar-refractivity contribution in [3.05, 3.63) is 16.7 Å². The lowest BCUT2D eigenvalue weighted by molar-refractivity contribution is 0.327. The van der Waals surface area contributed by atoms with Crippen LogP contribution in [0.1, 0.15) is 31.2 Å². The summed E-state index contributed by atoms with van der Waals surface area (Å²) in [6.07, 6.45) is 4.69. The van der Waals surface area contributed by atoms with Gasteiger partial charge in [0.1, 0.15) is 11.3 Å². The molecule has 0 amide bonds. The number of isocyanates is 1. The first-order valence-corrected chi connectivity index (χ1v) is 6.70. The quantitative estimate of drug-likeness (QED) is 0.684. The van der Waals surface area contributed by atoms with E-state index >= 15 is 0 Å². The fraction of sp³-hybridized carbons (Fsp3) is 0.500. The van der Waals surface area contributed by atoms with Gasteiger partial charge in [-0.2, -0.15) is 4.99 Å². The molecule has 20 heavy (non-hydrogen) atoms. The molecule has 0 aliphatic heterocycles. The van der Waals surface area contributed by atoms with Crippen molar-refractivity contribution < 1.29 is 19.4 Å². The highest BCUT2D eigenvalue weighted by atomic mass is 35.5. The van der Waals surface area contributed by atoms with E-state index in [1.54, 1.807) is 6.08 Å². The van der Waals surface area contributed by atoms with Crippen molar-refractivity contribution in [2.45, 2.75) is 31.2 Å². The number of phenols is 1. The van der Waals surface area contributed by atoms with Crippen LogP contribution in [-0.2, 0) is 10.3 Å². The van der Waals surface area contributed by atoms with E-state index in [1.807, 2.05) is 0 Å². The average molecular weight is 298 g/mol. The summed E-state index contributed by atoms with van der Waals surface area (Å²) in [5.41, 5.74) is -0.430. The SMILES string of the molecule is COc1cc(Cl)c(O)c(C2(N=C=O)CCCC2)c1OC. The molecule has 1 N–H and O–H groups in total. The maximum Gasteiger partial charge on any atom is 0.235 e. The lowest BCUT2D eigenvalue weighted by Gasteiger charge is -2.27. The summed E-state index contributed by atoms with van der Waals surface area (Å²) in [6, 6.07) is 1.48. The van der Waals surface area contributed by atoms with Crippen molar-refractivity contribution in [3.63, 3.8) is 0 Å². The molecule has 6 heteroatoms. The third kappa shape index (κ3) is 2.23. The topological polar surface area (TPSA) is 68.1 Å². The Kier molecular flexibility index (Phi) is 4.21. The Labute approximate surface area is 122 Å². The fourth-order valence-corrected chi connectivity index (χ4v) is 3.04. The van der Waals surface area contributed by atoms with Crippen molar-refractivity contribution in [3.8, 4) is 17.2 Å². The minimum absolute atomic E-state index is 0.120. The van der Waals surface area contributed by atoms with Crippen LogP contribution in [-0.4, -0.2) is 25.4 Å². The fourth-order valence-electron chi connectivity index (χ4n) is 2.85. The highest BCUT2D eigenvalue weighted by molar-refractivity contribution is 6.32. The molecule has 0 unspecified atom stereocenters. The second-order valence-electron chi connectivity index (χ2n) is 4.76. The van der Waals surface area contributed by atoms with Gasteiger partial charge in [0.2, 0.25) is 6.08 Å². The highest BCUT2D eigenvalue weighted by Gasteiger charge is 2.42. The largest absolute Gasteiger partial charge is 0.506 e. The van der Waals surface area contributed by atoms with Gasteiger partial charge < -0.3 is 14.6 Å². The monoisotopic (exact) mass is 297 g/mol. The van der Waals surface area contributed by atoms with Crippen LogP contribution in [0.3, 0.4) is 0 Å². The standard InChI is InChI=1S/C14H16ClNO4/c1-19-10-7-9(15)12(18)11(13(10)20-2)14(16-8-17)5-3-4-6-14/h7,18H,3-6H2,1-2H3. The normalized spacial score (nSPS) is 16.6. The number of rotatable bonds is 4. The number of aliphatic imine (C=N–C) groups is 1. The molecular formula is C14H16ClNO4. The molecule has 0 radical (unpaired) electrons. The van der Waals surface area contributed by atoms with Crippen LogP contribution in [0, 0.1) is 0 Å². The summed E-state index contributed by atoms with van der Waals surface area (Å²) in [7, 11) is 2.96. The summed E-state index contributed by atoms with van der Waals surface area (Å²) >= 11 is 6.04. The highest BCUT2D eigenvalue weighted by Crippen LogP contribution is 2.54. The number of carbonyl (C=O) groups excluding carboxylic acids is 1. The zero-order valence-corrected chi connectivity index (χ0v) is 12.2. The molecule has 2 rings (SSSR count). The summed E-state index contributed by atoms with van der Waals surface area (Å²) in [4.78, 5) is 14.8. The molecule has 1 fully saturated rings. The molecule has 1 aliphatic carbocycles. The smallest absolute Gasteiger partial charge is 0.235 e. The lowest BCUT2D eigenvalue weighted by atomic mass is 9.87. The molecule has 5 nitrogen and oxygen atoms in total. The second-order valence-corrected chi connectivity index (χ2v) is 5.17. The van der Waals surface area contributed by atoms with E-state index in [0.29, 0.717) is 29.9 Å². The van der Waals surface area contributed by atoms with Crippen LogP contribution < -0.4 is 9.47 Å². The minimum atomic E-state index is -0.838. The van der Waals surface area contributed by atoms with Gasteiger partial charge in [0.25, 0.3) is 0 Å². The van der Waals surface area contributed by atoms with Gasteiger partial charge in [-0.15, -0.1) is 0 Å². The van der Waals surface area contributed by atoms with Crippen molar-refractivity contribution in [2.75, 3.05) is 14.2 Å². The molecule has 1 aliphatic rings. The Bertz CT molecular complexity index is 561. The molecule has 0 bridgehead atoms. The van der Waals surface area contributed by atoms with Gasteiger partial charge in [0.05, 0.1) is 24.8 Å². The van der Waals surface area contributed by atoms with Gasteiger partial charge in [0.15, 0.2) is 11.5 Å². The first-order chi connectivity index (χ1) is 9.59. The maximum atomic E-state index is 10.8. The molecular weight excluding hydrogens is 282 g/mol. The average Bonchev–Trinajstić information content (AvgIpc) is 2.90. The summed E-state index contributed by atoms with van der Waals surface area (Å²) < 4.78 is 10.6. The maximum absolute atomic E-state index is 10.8. The second kappa shape index (κ2) is 5.73. The predicted molar refractivity (Wildman–Crippen MR) is 74.5 cm³/mol. The van der Waals surface area contributed by atoms with Crippen LogP contribution in [0.25, 0.3) is 0 Å². The Morgan fingerprint density at radius 3 is 2.50 bits per heavy atom. The lowest BCUT2D eigenvalue weighted by Crippen LogP contribution is -2.20. The number of phenolic OH excluding ortho intramolecular Hbond substituents is 1. The molecule has 108 valence electrons. The number of ether oxygens (including phenoxy) is 2. The number of methoxy groups -OCH3 is 2. The van der Waals surface area contributed by atoms with Crippen LogP contribution in [0.4, 0.5) is 0 Å². The van der Waals surface area contributed by atoms with E-state index in [2.05, 4.69) is 4.99 Å². The zero-order valence-electron chi connectivity index (χ0n) is 11.4. The molecule has 1 aromatic carbocycles. The van der Waals surface area contributed by atoms with E-state index in [9.17, 15) is 9.90 Å². The first-order valence-electron chi connectivity index (χ1n) is 6.32. The number of benzene rings is 1. The number of nitrogens with zero attached hydrogens (tertiary/aromatic N) is 1. The Morgan fingerprint density at radius 1 is 1.35 bits per heavy atom. The minimum Gasteiger partial charge on any atom is -0.506 e. The van der Waals surface area contributed by atoms with Crippen molar-refractivity contribution in [1.82, 2.24) is 0 Å². The molecule has 0 saturated heterocycles. The zero-order chi connectivity index (χ0) is 14.8. The van der Waals surface area contributed by atoms with E-state index in [1.165, 1.54) is 20.3 Å². The van der Waals surface area contributed by atoms with E-state index in [-0.39, 0.29) is 10.8 Å². The Morgan fingerprint density at radius 2 is 2.00 bits per heavy atom. The van der Waals surface area contributed by atoms with E-state index in [0.717, 1.165) is 12.8 Å². The van der Waals surface area contributed by atoms with Gasteiger partial charge in [-0.3, -0.25) is 0 Å². The summed E-state index contributed by atoms with van der Waals surface area (Å²) in [5.74, 6) is 0.637. The Hall–Kier alpha value is -1.71. The third-order valence-corrected chi connectivity index (χ3v) is 4.04. The molecule has 0 spiro atoms. The van der Waals surface area contributed by atoms with Gasteiger partial charge >= 0.3 is 0 Å². The number of hydrogen-bond donors (Lipinski definition) is 1. The number of aromatic hydroxyl groups is 1. The van der Waals surface area contributed by atoms with Crippen molar-refractivity contribution in [1.29, 1.82) is 0 Å². The molecule has 1 saturated carbocycles. The summed E-state index contributed by atoms with van der Waals surface area (Å²) in [6.45, 7) is 0. The summed E-state index contributed by atoms with van der Waals surface area (Å²) in [5, 5.41) is 10.5. The first kappa shape index (κ1) is 14.7. The van der Waals surface area contributed by atoms with Crippen LogP contribution >= 0.6 is 11.6 Å². The van der Waals surface area contributed by atoms with Gasteiger partial charge in [-0.25, -0.2) is 4.79 Å². The molecule has 0 heterocycles. The van der Waals surface area contributed by atoms with Crippen LogP contribution in [0.2, 0.25) is 5.02 Å².